The Labute approximate surface area is 200 Å². The van der Waals surface area contributed by atoms with E-state index in [1.807, 2.05) is 29.2 Å². The number of carboxylic acids is 1. The number of aliphatic carboxylic acids is 1. The van der Waals surface area contributed by atoms with Crippen molar-refractivity contribution in [2.75, 3.05) is 19.7 Å². The molecule has 1 aliphatic heterocycles. The molecule has 0 radical (unpaired) electrons. The topological polar surface area (TPSA) is 95.9 Å². The molecule has 1 fully saturated rings. The van der Waals surface area contributed by atoms with Gasteiger partial charge >= 0.3 is 12.1 Å². The zero-order chi connectivity index (χ0) is 23.9. The van der Waals surface area contributed by atoms with Crippen LogP contribution in [0, 0.1) is 0 Å². The average Bonchev–Trinajstić information content (AvgIpc) is 3.18. The molecule has 1 heterocycles. The van der Waals surface area contributed by atoms with Crippen LogP contribution in [0.15, 0.2) is 48.5 Å². The first-order chi connectivity index (χ1) is 16.5. The van der Waals surface area contributed by atoms with Crippen molar-refractivity contribution in [2.45, 2.75) is 56.9 Å². The minimum Gasteiger partial charge on any atom is -0.481 e. The van der Waals surface area contributed by atoms with Crippen LogP contribution in [0.25, 0.3) is 11.1 Å². The van der Waals surface area contributed by atoms with E-state index in [0.717, 1.165) is 19.3 Å². The summed E-state index contributed by atoms with van der Waals surface area (Å²) in [5.74, 6) is -0.781. The van der Waals surface area contributed by atoms with Crippen LogP contribution >= 0.6 is 0 Å². The summed E-state index contributed by atoms with van der Waals surface area (Å²) in [6, 6.07) is 16.4. The van der Waals surface area contributed by atoms with Gasteiger partial charge < -0.3 is 20.1 Å². The van der Waals surface area contributed by atoms with Gasteiger partial charge in [0.2, 0.25) is 5.91 Å². The van der Waals surface area contributed by atoms with Crippen molar-refractivity contribution in [3.8, 4) is 11.1 Å². The first-order valence-corrected chi connectivity index (χ1v) is 12.1. The van der Waals surface area contributed by atoms with E-state index in [1.54, 1.807) is 0 Å². The summed E-state index contributed by atoms with van der Waals surface area (Å²) < 4.78 is 5.53. The van der Waals surface area contributed by atoms with Crippen molar-refractivity contribution < 1.29 is 24.2 Å². The number of carbonyl (C=O) groups excluding carboxylic acids is 2. The van der Waals surface area contributed by atoms with Gasteiger partial charge in [-0.15, -0.1) is 0 Å². The Morgan fingerprint density at radius 2 is 1.65 bits per heavy atom. The highest BCUT2D eigenvalue weighted by Gasteiger charge is 2.29. The van der Waals surface area contributed by atoms with Crippen LogP contribution in [-0.2, 0) is 14.3 Å². The molecule has 0 aromatic heterocycles. The fraction of sp³-hybridized carbons (Fsp3) is 0.444. The van der Waals surface area contributed by atoms with Gasteiger partial charge in [-0.2, -0.15) is 0 Å². The number of nitrogens with one attached hydrogen (secondary N) is 1. The number of hydrogen-bond acceptors (Lipinski definition) is 4. The molecule has 4 rings (SSSR count). The summed E-state index contributed by atoms with van der Waals surface area (Å²) in [5, 5.41) is 11.7. The molecule has 1 unspecified atom stereocenters. The largest absolute Gasteiger partial charge is 0.481 e. The van der Waals surface area contributed by atoms with Gasteiger partial charge in [-0.3, -0.25) is 9.59 Å². The minimum atomic E-state index is -0.828. The Morgan fingerprint density at radius 3 is 2.32 bits per heavy atom. The maximum atomic E-state index is 12.7. The Morgan fingerprint density at radius 1 is 0.971 bits per heavy atom. The smallest absolute Gasteiger partial charge is 0.407 e. The van der Waals surface area contributed by atoms with Crippen molar-refractivity contribution in [3.05, 3.63) is 59.7 Å². The first-order valence-electron chi connectivity index (χ1n) is 12.1. The highest BCUT2D eigenvalue weighted by Crippen LogP contribution is 2.44. The molecule has 0 saturated carbocycles. The molecular weight excluding hydrogens is 432 g/mol. The lowest BCUT2D eigenvalue weighted by Crippen LogP contribution is -2.44. The number of nitrogens with zero attached hydrogens (tertiary/aromatic N) is 1. The highest BCUT2D eigenvalue weighted by molar-refractivity contribution is 5.79. The second-order valence-corrected chi connectivity index (χ2v) is 9.03. The normalized spacial score (nSPS) is 17.1. The molecule has 2 aromatic carbocycles. The average molecular weight is 465 g/mol. The van der Waals surface area contributed by atoms with Crippen LogP contribution in [0.2, 0.25) is 0 Å². The van der Waals surface area contributed by atoms with E-state index >= 15 is 0 Å². The predicted molar refractivity (Wildman–Crippen MR) is 129 cm³/mol. The molecule has 2 amide bonds. The van der Waals surface area contributed by atoms with E-state index < -0.39 is 12.1 Å². The van der Waals surface area contributed by atoms with E-state index in [4.69, 9.17) is 9.84 Å². The lowest BCUT2D eigenvalue weighted by Gasteiger charge is -2.35. The molecular formula is C27H32N2O5. The zero-order valence-electron chi connectivity index (χ0n) is 19.4. The van der Waals surface area contributed by atoms with Crippen LogP contribution in [0.5, 0.6) is 0 Å². The van der Waals surface area contributed by atoms with Gasteiger partial charge in [0.05, 0.1) is 0 Å². The molecule has 1 atom stereocenters. The lowest BCUT2D eigenvalue weighted by atomic mass is 9.97. The van der Waals surface area contributed by atoms with Crippen molar-refractivity contribution in [1.82, 2.24) is 10.2 Å². The van der Waals surface area contributed by atoms with Crippen molar-refractivity contribution in [1.29, 1.82) is 0 Å². The number of likely N-dealkylation sites (tertiary alicyclic amines) is 1. The van der Waals surface area contributed by atoms with Gasteiger partial charge in [0.25, 0.3) is 0 Å². The fourth-order valence-electron chi connectivity index (χ4n) is 5.14. The second-order valence-electron chi connectivity index (χ2n) is 9.03. The lowest BCUT2D eigenvalue weighted by molar-refractivity contribution is -0.140. The number of alkyl carbamates (subject to hydrolysis) is 1. The van der Waals surface area contributed by atoms with Gasteiger partial charge in [0.1, 0.15) is 6.61 Å². The van der Waals surface area contributed by atoms with Crippen molar-refractivity contribution in [2.24, 2.45) is 0 Å². The molecule has 2 aromatic rings. The van der Waals surface area contributed by atoms with E-state index in [9.17, 15) is 14.4 Å². The van der Waals surface area contributed by atoms with Gasteiger partial charge in [0, 0.05) is 37.9 Å². The van der Waals surface area contributed by atoms with E-state index in [0.29, 0.717) is 32.4 Å². The molecule has 34 heavy (non-hydrogen) atoms. The monoisotopic (exact) mass is 464 g/mol. The molecule has 2 N–H and O–H groups in total. The van der Waals surface area contributed by atoms with Gasteiger partial charge in [-0.1, -0.05) is 48.5 Å². The van der Waals surface area contributed by atoms with E-state index in [-0.39, 0.29) is 30.9 Å². The van der Waals surface area contributed by atoms with Gasteiger partial charge in [0.15, 0.2) is 0 Å². The summed E-state index contributed by atoms with van der Waals surface area (Å²) in [6.07, 6.45) is 3.78. The Kier molecular flexibility index (Phi) is 7.83. The number of rotatable bonds is 9. The number of fused-ring (bicyclic) bond motifs is 3. The zero-order valence-corrected chi connectivity index (χ0v) is 19.4. The summed E-state index contributed by atoms with van der Waals surface area (Å²) in [6.45, 7) is 1.30. The van der Waals surface area contributed by atoms with Crippen LogP contribution in [0.4, 0.5) is 4.79 Å². The number of carbonyl (C=O) groups is 3. The second kappa shape index (κ2) is 11.2. The summed E-state index contributed by atoms with van der Waals surface area (Å²) in [5.41, 5.74) is 4.71. The van der Waals surface area contributed by atoms with Crippen LogP contribution in [0.3, 0.4) is 0 Å². The van der Waals surface area contributed by atoms with Crippen LogP contribution in [-0.4, -0.2) is 53.7 Å². The molecule has 1 aliphatic carbocycles. The third-order valence-electron chi connectivity index (χ3n) is 6.82. The summed E-state index contributed by atoms with van der Waals surface area (Å²) >= 11 is 0. The molecule has 7 nitrogen and oxygen atoms in total. The van der Waals surface area contributed by atoms with E-state index in [2.05, 4.69) is 29.6 Å². The fourth-order valence-corrected chi connectivity index (χ4v) is 5.14. The van der Waals surface area contributed by atoms with Crippen molar-refractivity contribution >= 4 is 18.0 Å². The SMILES string of the molecule is O=C(O)CCC1CCCCN1C(=O)CCCNC(=O)OCC1c2ccccc2-c2ccccc21. The molecule has 1 saturated heterocycles. The number of amides is 2. The third kappa shape index (κ3) is 5.58. The predicted octanol–water partition coefficient (Wildman–Crippen LogP) is 4.55. The molecule has 180 valence electrons. The van der Waals surface area contributed by atoms with Gasteiger partial charge in [-0.05, 0) is 54.4 Å². The summed E-state index contributed by atoms with van der Waals surface area (Å²) in [4.78, 5) is 37.7. The highest BCUT2D eigenvalue weighted by atomic mass is 16.5. The maximum absolute atomic E-state index is 12.7. The third-order valence-corrected chi connectivity index (χ3v) is 6.82. The standard InChI is InChI=1S/C27H32N2O5/c30-25(29-17-6-5-8-19(29)14-15-26(31)32)13-7-16-28-27(33)34-18-24-22-11-3-1-9-20(22)21-10-2-4-12-23(21)24/h1-4,9-12,19,24H,5-8,13-18H2,(H,28,33)(H,31,32). The Balaban J connectivity index is 1.21. The Bertz CT molecular complexity index is 992. The molecule has 2 aliphatic rings. The number of piperidine rings is 1. The Hall–Kier alpha value is -3.35. The minimum absolute atomic E-state index is 0.00689. The van der Waals surface area contributed by atoms with Crippen LogP contribution < -0.4 is 5.32 Å². The quantitative estimate of drug-likeness (QED) is 0.531. The van der Waals surface area contributed by atoms with Gasteiger partial charge in [-0.25, -0.2) is 4.79 Å². The summed E-state index contributed by atoms with van der Waals surface area (Å²) in [7, 11) is 0. The number of carboxylic acid groups (broad SMARTS) is 1. The first kappa shape index (κ1) is 23.8. The maximum Gasteiger partial charge on any atom is 0.407 e. The molecule has 7 heteroatoms. The molecule has 0 bridgehead atoms. The number of hydrogen-bond donors (Lipinski definition) is 2. The number of ether oxygens (including phenoxy) is 1. The number of benzene rings is 2. The van der Waals surface area contributed by atoms with Crippen molar-refractivity contribution in [3.63, 3.8) is 0 Å². The molecule has 0 spiro atoms. The van der Waals surface area contributed by atoms with E-state index in [1.165, 1.54) is 22.3 Å². The van der Waals surface area contributed by atoms with Crippen LogP contribution in [0.1, 0.15) is 62.0 Å².